The van der Waals surface area contributed by atoms with Crippen LogP contribution in [0.2, 0.25) is 0 Å². The van der Waals surface area contributed by atoms with Gasteiger partial charge in [-0.1, -0.05) is 6.92 Å². The molecule has 0 amide bonds. The number of hydrogen-bond acceptors (Lipinski definition) is 5. The predicted molar refractivity (Wildman–Crippen MR) is 74.4 cm³/mol. The Balaban J connectivity index is 2.46. The van der Waals surface area contributed by atoms with Crippen LogP contribution >= 0.6 is 0 Å². The lowest BCUT2D eigenvalue weighted by Gasteiger charge is -2.11. The lowest BCUT2D eigenvalue weighted by atomic mass is 10.1. The summed E-state index contributed by atoms with van der Waals surface area (Å²) in [6.07, 6.45) is 0.691. The van der Waals surface area contributed by atoms with E-state index in [1.165, 1.54) is 19.2 Å². The van der Waals surface area contributed by atoms with Crippen LogP contribution in [0, 0.1) is 0 Å². The Bertz CT molecular complexity index is 636. The molecule has 112 valence electrons. The van der Waals surface area contributed by atoms with Gasteiger partial charge < -0.3 is 15.2 Å². The number of nitrogens with two attached hydrogens (primary N) is 1. The number of methoxy groups -OCH3 is 1. The van der Waals surface area contributed by atoms with Crippen molar-refractivity contribution in [3.63, 3.8) is 0 Å². The summed E-state index contributed by atoms with van der Waals surface area (Å²) in [4.78, 5) is 8.43. The quantitative estimate of drug-likeness (QED) is 0.918. The number of nitrogens with zero attached hydrogens (tertiary/aromatic N) is 2. The molecule has 7 heteroatoms. The molecule has 0 atom stereocenters. The maximum Gasteiger partial charge on any atom is 0.387 e. The molecule has 0 spiro atoms. The van der Waals surface area contributed by atoms with E-state index in [4.69, 9.17) is 10.5 Å². The number of anilines is 1. The molecule has 0 aliphatic carbocycles. The van der Waals surface area contributed by atoms with Crippen LogP contribution in [0.15, 0.2) is 24.3 Å². The molecular weight excluding hydrogens is 280 g/mol. The van der Waals surface area contributed by atoms with E-state index in [9.17, 15) is 8.78 Å². The minimum absolute atomic E-state index is 0.0749. The lowest BCUT2D eigenvalue weighted by Crippen LogP contribution is -2.04. The Hall–Kier alpha value is -2.44. The summed E-state index contributed by atoms with van der Waals surface area (Å²) in [5, 5.41) is 0. The van der Waals surface area contributed by atoms with E-state index < -0.39 is 6.61 Å². The van der Waals surface area contributed by atoms with Gasteiger partial charge in [-0.3, -0.25) is 0 Å². The van der Waals surface area contributed by atoms with E-state index in [2.05, 4.69) is 14.7 Å². The zero-order valence-electron chi connectivity index (χ0n) is 11.6. The van der Waals surface area contributed by atoms with E-state index in [-0.39, 0.29) is 11.5 Å². The third kappa shape index (κ3) is 3.56. The standard InChI is InChI=1S/C14H15F2N3O2/c1-3-9-7-12(17)19-13(18-9)8-4-5-10(20-2)11(6-8)21-14(15)16/h4-7,14H,3H2,1-2H3,(H2,17,18,19). The first-order chi connectivity index (χ1) is 10.0. The summed E-state index contributed by atoms with van der Waals surface area (Å²) in [5.41, 5.74) is 7.01. The predicted octanol–water partition coefficient (Wildman–Crippen LogP) is 2.90. The molecule has 0 fully saturated rings. The molecule has 2 rings (SSSR count). The molecule has 2 N–H and O–H groups in total. The van der Waals surface area contributed by atoms with Crippen molar-refractivity contribution in [1.29, 1.82) is 0 Å². The number of aromatic nitrogens is 2. The molecule has 1 aromatic heterocycles. The molecule has 0 saturated carbocycles. The highest BCUT2D eigenvalue weighted by molar-refractivity contribution is 5.62. The fourth-order valence-electron chi connectivity index (χ4n) is 1.83. The molecule has 0 bridgehead atoms. The highest BCUT2D eigenvalue weighted by Gasteiger charge is 2.13. The van der Waals surface area contributed by atoms with Crippen LogP contribution in [-0.2, 0) is 6.42 Å². The average Bonchev–Trinajstić information content (AvgIpc) is 2.45. The SMILES string of the molecule is CCc1cc(N)nc(-c2ccc(OC)c(OC(F)F)c2)n1. The van der Waals surface area contributed by atoms with Gasteiger partial charge in [-0.05, 0) is 24.6 Å². The van der Waals surface area contributed by atoms with Crippen molar-refractivity contribution in [2.45, 2.75) is 20.0 Å². The summed E-state index contributed by atoms with van der Waals surface area (Å²) in [6, 6.07) is 6.25. The van der Waals surface area contributed by atoms with Gasteiger partial charge in [0, 0.05) is 17.3 Å². The van der Waals surface area contributed by atoms with Crippen LogP contribution < -0.4 is 15.2 Å². The van der Waals surface area contributed by atoms with Crippen LogP contribution in [0.4, 0.5) is 14.6 Å². The monoisotopic (exact) mass is 295 g/mol. The number of rotatable bonds is 5. The van der Waals surface area contributed by atoms with Crippen molar-refractivity contribution in [2.24, 2.45) is 0 Å². The number of halogens is 2. The molecule has 1 aromatic carbocycles. The Morgan fingerprint density at radius 2 is 1.95 bits per heavy atom. The van der Waals surface area contributed by atoms with Gasteiger partial charge in [0.05, 0.1) is 7.11 Å². The van der Waals surface area contributed by atoms with Gasteiger partial charge in [-0.25, -0.2) is 9.97 Å². The summed E-state index contributed by atoms with van der Waals surface area (Å²) in [7, 11) is 1.37. The average molecular weight is 295 g/mol. The summed E-state index contributed by atoms with van der Waals surface area (Å²) in [5.74, 6) is 0.811. The minimum Gasteiger partial charge on any atom is -0.493 e. The van der Waals surface area contributed by atoms with Gasteiger partial charge in [-0.2, -0.15) is 8.78 Å². The molecule has 0 unspecified atom stereocenters. The molecule has 0 aliphatic heterocycles. The van der Waals surface area contributed by atoms with Crippen molar-refractivity contribution in [1.82, 2.24) is 9.97 Å². The Morgan fingerprint density at radius 3 is 2.57 bits per heavy atom. The van der Waals surface area contributed by atoms with Gasteiger partial charge in [0.1, 0.15) is 5.82 Å². The number of ether oxygens (including phenoxy) is 2. The van der Waals surface area contributed by atoms with E-state index >= 15 is 0 Å². The number of hydrogen-bond donors (Lipinski definition) is 1. The fourth-order valence-corrected chi connectivity index (χ4v) is 1.83. The van der Waals surface area contributed by atoms with Crippen LogP contribution in [0.1, 0.15) is 12.6 Å². The van der Waals surface area contributed by atoms with Gasteiger partial charge in [0.25, 0.3) is 0 Å². The third-order valence-electron chi connectivity index (χ3n) is 2.80. The van der Waals surface area contributed by atoms with Gasteiger partial charge >= 0.3 is 6.61 Å². The van der Waals surface area contributed by atoms with Gasteiger partial charge in [0.15, 0.2) is 17.3 Å². The number of benzene rings is 1. The first-order valence-electron chi connectivity index (χ1n) is 6.30. The van der Waals surface area contributed by atoms with Crippen molar-refractivity contribution < 1.29 is 18.3 Å². The molecule has 21 heavy (non-hydrogen) atoms. The lowest BCUT2D eigenvalue weighted by molar-refractivity contribution is -0.0511. The van der Waals surface area contributed by atoms with E-state index in [1.54, 1.807) is 12.1 Å². The van der Waals surface area contributed by atoms with E-state index in [0.29, 0.717) is 23.6 Å². The van der Waals surface area contributed by atoms with Crippen LogP contribution in [0.5, 0.6) is 11.5 Å². The van der Waals surface area contributed by atoms with Crippen molar-refractivity contribution in [2.75, 3.05) is 12.8 Å². The zero-order chi connectivity index (χ0) is 15.4. The van der Waals surface area contributed by atoms with E-state index in [1.807, 2.05) is 6.92 Å². The summed E-state index contributed by atoms with van der Waals surface area (Å²) in [6.45, 7) is -1.01. The van der Waals surface area contributed by atoms with Gasteiger partial charge in [0.2, 0.25) is 0 Å². The molecule has 5 nitrogen and oxygen atoms in total. The van der Waals surface area contributed by atoms with Gasteiger partial charge in [-0.15, -0.1) is 0 Å². The zero-order valence-corrected chi connectivity index (χ0v) is 11.6. The second-order valence-electron chi connectivity index (χ2n) is 4.21. The Kier molecular flexibility index (Phi) is 4.52. The first kappa shape index (κ1) is 15.0. The summed E-state index contributed by atoms with van der Waals surface area (Å²) < 4.78 is 34.3. The minimum atomic E-state index is -2.94. The number of alkyl halides is 2. The van der Waals surface area contributed by atoms with Crippen LogP contribution in [0.25, 0.3) is 11.4 Å². The highest BCUT2D eigenvalue weighted by Crippen LogP contribution is 2.32. The second kappa shape index (κ2) is 6.34. The number of nitrogen functional groups attached to an aromatic ring is 1. The molecular formula is C14H15F2N3O2. The number of aryl methyl sites for hydroxylation is 1. The molecule has 0 radical (unpaired) electrons. The highest BCUT2D eigenvalue weighted by atomic mass is 19.3. The third-order valence-corrected chi connectivity index (χ3v) is 2.80. The van der Waals surface area contributed by atoms with Crippen LogP contribution in [0.3, 0.4) is 0 Å². The van der Waals surface area contributed by atoms with Crippen molar-refractivity contribution >= 4 is 5.82 Å². The van der Waals surface area contributed by atoms with Crippen LogP contribution in [-0.4, -0.2) is 23.7 Å². The largest absolute Gasteiger partial charge is 0.493 e. The molecule has 2 aromatic rings. The maximum atomic E-state index is 12.4. The fraction of sp³-hybridized carbons (Fsp3) is 0.286. The normalized spacial score (nSPS) is 10.7. The Labute approximate surface area is 120 Å². The Morgan fingerprint density at radius 1 is 1.19 bits per heavy atom. The second-order valence-corrected chi connectivity index (χ2v) is 4.21. The maximum absolute atomic E-state index is 12.4. The van der Waals surface area contributed by atoms with E-state index in [0.717, 1.165) is 5.69 Å². The smallest absolute Gasteiger partial charge is 0.387 e. The molecule has 0 saturated heterocycles. The van der Waals surface area contributed by atoms with Crippen molar-refractivity contribution in [3.8, 4) is 22.9 Å². The van der Waals surface area contributed by atoms with Crippen molar-refractivity contribution in [3.05, 3.63) is 30.0 Å². The molecule has 0 aliphatic rings. The topological polar surface area (TPSA) is 70.3 Å². The summed E-state index contributed by atoms with van der Waals surface area (Å²) >= 11 is 0. The molecule has 1 heterocycles. The first-order valence-corrected chi connectivity index (χ1v) is 6.30.